The molecule has 2 aliphatic rings. The van der Waals surface area contributed by atoms with Crippen molar-refractivity contribution in [1.82, 2.24) is 15.0 Å². The van der Waals surface area contributed by atoms with Crippen LogP contribution in [0.25, 0.3) is 11.3 Å². The Bertz CT molecular complexity index is 1320. The van der Waals surface area contributed by atoms with Gasteiger partial charge in [-0.05, 0) is 43.0 Å². The molecule has 2 aromatic carbocycles. The maximum Gasteiger partial charge on any atom is 0.194 e. The molecule has 6 atom stereocenters. The van der Waals surface area contributed by atoms with E-state index in [9.17, 15) is 33.6 Å². The van der Waals surface area contributed by atoms with Crippen LogP contribution in [0.1, 0.15) is 54.5 Å². The summed E-state index contributed by atoms with van der Waals surface area (Å²) >= 11 is 1.23. The second-order valence-corrected chi connectivity index (χ2v) is 11.8. The second-order valence-electron chi connectivity index (χ2n) is 10.6. The SMILES string of the molecule is Cc1ccccc1[C@@H](S[C@@H]1O[C@H](CO)[C@H](O)[C@H](n2cc(-c3cc(F)c(F)c(F)c3)nn2)[C@H]1O)C1(O)CCCCC1. The number of halogens is 3. The van der Waals surface area contributed by atoms with E-state index < -0.39 is 64.7 Å². The third kappa shape index (κ3) is 5.53. The molecule has 1 aliphatic heterocycles. The van der Waals surface area contributed by atoms with E-state index in [1.807, 2.05) is 31.2 Å². The molecule has 1 saturated carbocycles. The van der Waals surface area contributed by atoms with Gasteiger partial charge in [-0.1, -0.05) is 48.7 Å². The number of aromatic nitrogens is 3. The molecule has 5 rings (SSSR count). The molecule has 0 radical (unpaired) electrons. The first-order valence-electron chi connectivity index (χ1n) is 13.3. The smallest absolute Gasteiger partial charge is 0.194 e. The molecule has 1 aromatic heterocycles. The first-order valence-corrected chi connectivity index (χ1v) is 14.2. The third-order valence-corrected chi connectivity index (χ3v) is 9.52. The fourth-order valence-electron chi connectivity index (χ4n) is 5.68. The molecule has 0 bridgehead atoms. The van der Waals surface area contributed by atoms with Crippen LogP contribution in [0, 0.1) is 24.4 Å². The van der Waals surface area contributed by atoms with Crippen LogP contribution in [0.4, 0.5) is 13.2 Å². The molecule has 0 spiro atoms. The predicted molar refractivity (Wildman–Crippen MR) is 142 cm³/mol. The van der Waals surface area contributed by atoms with E-state index in [1.54, 1.807) is 0 Å². The van der Waals surface area contributed by atoms with Crippen molar-refractivity contribution < 1.29 is 38.3 Å². The Morgan fingerprint density at radius 3 is 2.40 bits per heavy atom. The molecule has 3 aromatic rings. The maximum atomic E-state index is 13.8. The Hall–Kier alpha value is -2.48. The number of rotatable bonds is 7. The number of hydrogen-bond acceptors (Lipinski definition) is 8. The van der Waals surface area contributed by atoms with E-state index in [0.29, 0.717) is 12.8 Å². The van der Waals surface area contributed by atoms with Crippen molar-refractivity contribution in [1.29, 1.82) is 0 Å². The van der Waals surface area contributed by atoms with Gasteiger partial charge in [-0.15, -0.1) is 16.9 Å². The standard InChI is InChI=1S/C28H32F3N3O5S/c1-15-7-3-4-8-17(15)26(28(38)9-5-2-6-10-28)40-27-25(37)23(24(36)21(14-35)39-27)34-13-20(32-33-34)16-11-18(29)22(31)19(30)12-16/h3-4,7-8,11-13,21,23-27,35-38H,2,5-6,9-10,14H2,1H3/t21-,23+,24+,25-,26-,27+/m1/s1. The molecule has 40 heavy (non-hydrogen) atoms. The lowest BCUT2D eigenvalue weighted by Crippen LogP contribution is -2.55. The van der Waals surface area contributed by atoms with Gasteiger partial charge in [-0.3, -0.25) is 0 Å². The normalized spacial score (nSPS) is 27.4. The lowest BCUT2D eigenvalue weighted by Gasteiger charge is -2.46. The average molecular weight is 580 g/mol. The van der Waals surface area contributed by atoms with E-state index in [1.165, 1.54) is 18.0 Å². The van der Waals surface area contributed by atoms with Gasteiger partial charge in [0.2, 0.25) is 0 Å². The fraction of sp³-hybridized carbons (Fsp3) is 0.500. The minimum atomic E-state index is -1.61. The van der Waals surface area contributed by atoms with Crippen molar-refractivity contribution in [2.75, 3.05) is 6.61 Å². The summed E-state index contributed by atoms with van der Waals surface area (Å²) in [6.45, 7) is 1.39. The summed E-state index contributed by atoms with van der Waals surface area (Å²) in [5.41, 5.74) is -0.270. The number of aryl methyl sites for hydroxylation is 1. The molecule has 1 aliphatic carbocycles. The van der Waals surface area contributed by atoms with Crippen LogP contribution in [0.5, 0.6) is 0 Å². The van der Waals surface area contributed by atoms with Gasteiger partial charge in [-0.25, -0.2) is 17.9 Å². The molecular weight excluding hydrogens is 547 g/mol. The number of ether oxygens (including phenoxy) is 1. The van der Waals surface area contributed by atoms with Gasteiger partial charge < -0.3 is 25.2 Å². The maximum absolute atomic E-state index is 13.8. The molecule has 2 fully saturated rings. The Kier molecular flexibility index (Phi) is 8.55. The van der Waals surface area contributed by atoms with Crippen molar-refractivity contribution in [2.45, 2.75) is 79.7 Å². The predicted octanol–water partition coefficient (Wildman–Crippen LogP) is 3.82. The van der Waals surface area contributed by atoms with Gasteiger partial charge in [0.15, 0.2) is 17.5 Å². The summed E-state index contributed by atoms with van der Waals surface area (Å²) in [5, 5.41) is 51.7. The summed E-state index contributed by atoms with van der Waals surface area (Å²) < 4.78 is 48.2. The van der Waals surface area contributed by atoms with Crippen LogP contribution in [-0.4, -0.2) is 71.4 Å². The number of benzene rings is 2. The zero-order valence-electron chi connectivity index (χ0n) is 21.8. The zero-order chi connectivity index (χ0) is 28.6. The molecule has 0 amide bonds. The van der Waals surface area contributed by atoms with Crippen molar-refractivity contribution in [3.8, 4) is 11.3 Å². The van der Waals surface area contributed by atoms with Gasteiger partial charge in [0.1, 0.15) is 35.5 Å². The van der Waals surface area contributed by atoms with E-state index >= 15 is 0 Å². The molecule has 216 valence electrons. The Morgan fingerprint density at radius 2 is 1.75 bits per heavy atom. The topological polar surface area (TPSA) is 121 Å². The van der Waals surface area contributed by atoms with Gasteiger partial charge in [0.25, 0.3) is 0 Å². The summed E-state index contributed by atoms with van der Waals surface area (Å²) in [5.74, 6) is -4.40. The first-order chi connectivity index (χ1) is 19.1. The van der Waals surface area contributed by atoms with Gasteiger partial charge in [-0.2, -0.15) is 0 Å². The van der Waals surface area contributed by atoms with Gasteiger partial charge in [0, 0.05) is 5.56 Å². The monoisotopic (exact) mass is 579 g/mol. The number of aliphatic hydroxyl groups excluding tert-OH is 3. The van der Waals surface area contributed by atoms with E-state index in [2.05, 4.69) is 10.3 Å². The lowest BCUT2D eigenvalue weighted by atomic mass is 9.79. The number of thioether (sulfide) groups is 1. The zero-order valence-corrected chi connectivity index (χ0v) is 22.6. The molecule has 2 heterocycles. The molecule has 12 heteroatoms. The largest absolute Gasteiger partial charge is 0.394 e. The fourth-order valence-corrected chi connectivity index (χ4v) is 7.38. The second kappa shape index (κ2) is 11.8. The van der Waals surface area contributed by atoms with Crippen LogP contribution >= 0.6 is 11.8 Å². The Morgan fingerprint density at radius 1 is 1.07 bits per heavy atom. The van der Waals surface area contributed by atoms with E-state index in [0.717, 1.165) is 47.2 Å². The Balaban J connectivity index is 1.47. The Labute approximate surface area is 233 Å². The summed E-state index contributed by atoms with van der Waals surface area (Å²) in [6.07, 6.45) is 1.29. The number of aliphatic hydroxyl groups is 4. The first kappa shape index (κ1) is 29.0. The van der Waals surface area contributed by atoms with Gasteiger partial charge >= 0.3 is 0 Å². The number of nitrogens with zero attached hydrogens (tertiary/aromatic N) is 3. The molecular formula is C28H32F3N3O5S. The van der Waals surface area contributed by atoms with Crippen molar-refractivity contribution in [3.63, 3.8) is 0 Å². The molecule has 1 saturated heterocycles. The molecule has 8 nitrogen and oxygen atoms in total. The van der Waals surface area contributed by atoms with Crippen LogP contribution in [-0.2, 0) is 4.74 Å². The van der Waals surface area contributed by atoms with E-state index in [4.69, 9.17) is 4.74 Å². The van der Waals surface area contributed by atoms with Crippen LogP contribution < -0.4 is 0 Å². The average Bonchev–Trinajstić information content (AvgIpc) is 3.42. The lowest BCUT2D eigenvalue weighted by molar-refractivity contribution is -0.179. The molecule has 0 unspecified atom stereocenters. The van der Waals surface area contributed by atoms with Crippen molar-refractivity contribution in [2.24, 2.45) is 0 Å². The highest BCUT2D eigenvalue weighted by Crippen LogP contribution is 2.51. The van der Waals surface area contributed by atoms with Crippen molar-refractivity contribution in [3.05, 3.63) is 71.2 Å². The third-order valence-electron chi connectivity index (χ3n) is 7.89. The highest BCUT2D eigenvalue weighted by molar-refractivity contribution is 8.00. The van der Waals surface area contributed by atoms with Gasteiger partial charge in [0.05, 0.1) is 23.7 Å². The quantitative estimate of drug-likeness (QED) is 0.312. The van der Waals surface area contributed by atoms with E-state index in [-0.39, 0.29) is 11.3 Å². The number of hydrogen-bond donors (Lipinski definition) is 4. The van der Waals surface area contributed by atoms with Crippen LogP contribution in [0.15, 0.2) is 42.6 Å². The summed E-state index contributed by atoms with van der Waals surface area (Å²) in [4.78, 5) is 0. The highest BCUT2D eigenvalue weighted by Gasteiger charge is 2.49. The molecule has 4 N–H and O–H groups in total. The minimum absolute atomic E-state index is 0.0113. The van der Waals surface area contributed by atoms with Crippen LogP contribution in [0.2, 0.25) is 0 Å². The summed E-state index contributed by atoms with van der Waals surface area (Å²) in [7, 11) is 0. The van der Waals surface area contributed by atoms with Crippen molar-refractivity contribution >= 4 is 11.8 Å². The van der Waals surface area contributed by atoms with Crippen LogP contribution in [0.3, 0.4) is 0 Å². The minimum Gasteiger partial charge on any atom is -0.394 e. The summed E-state index contributed by atoms with van der Waals surface area (Å²) in [6, 6.07) is 8.09. The highest BCUT2D eigenvalue weighted by atomic mass is 32.2.